The molecule has 3 heterocycles. The van der Waals surface area contributed by atoms with Crippen LogP contribution in [-0.2, 0) is 6.54 Å². The van der Waals surface area contributed by atoms with Crippen LogP contribution in [0.2, 0.25) is 0 Å². The zero-order chi connectivity index (χ0) is 11.8. The van der Waals surface area contributed by atoms with Crippen molar-refractivity contribution < 1.29 is 0 Å². The van der Waals surface area contributed by atoms with Gasteiger partial charge in [-0.3, -0.25) is 4.79 Å². The molecule has 0 aliphatic heterocycles. The Morgan fingerprint density at radius 3 is 3.24 bits per heavy atom. The first-order valence-corrected chi connectivity index (χ1v) is 6.64. The van der Waals surface area contributed by atoms with E-state index in [1.165, 1.54) is 0 Å². The largest absolute Gasteiger partial charge is 0.343 e. The lowest BCUT2D eigenvalue weighted by molar-refractivity contribution is 0.635. The molecule has 4 nitrogen and oxygen atoms in total. The second-order valence-electron chi connectivity index (χ2n) is 4.07. The Kier molecular flexibility index (Phi) is 2.48. The summed E-state index contributed by atoms with van der Waals surface area (Å²) < 4.78 is 2.96. The molecular weight excluding hydrogens is 234 g/mol. The summed E-state index contributed by atoms with van der Waals surface area (Å²) in [5, 5.41) is 2.02. The van der Waals surface area contributed by atoms with Crippen molar-refractivity contribution in [2.24, 2.45) is 0 Å². The number of aromatic amines is 1. The van der Waals surface area contributed by atoms with Gasteiger partial charge in [0.25, 0.3) is 5.56 Å². The summed E-state index contributed by atoms with van der Waals surface area (Å²) in [5.74, 6) is 0. The number of pyridine rings is 1. The average Bonchev–Trinajstić information content (AvgIpc) is 2.96. The van der Waals surface area contributed by atoms with Crippen molar-refractivity contribution in [1.82, 2.24) is 14.5 Å². The molecule has 0 fully saturated rings. The van der Waals surface area contributed by atoms with Gasteiger partial charge in [-0.15, -0.1) is 11.3 Å². The van der Waals surface area contributed by atoms with Crippen LogP contribution in [0.25, 0.3) is 21.3 Å². The van der Waals surface area contributed by atoms with Gasteiger partial charge in [-0.05, 0) is 17.9 Å². The van der Waals surface area contributed by atoms with E-state index < -0.39 is 0 Å². The highest BCUT2D eigenvalue weighted by Gasteiger charge is 2.12. The molecule has 0 atom stereocenters. The zero-order valence-electron chi connectivity index (χ0n) is 9.56. The zero-order valence-corrected chi connectivity index (χ0v) is 10.4. The van der Waals surface area contributed by atoms with Gasteiger partial charge in [0.1, 0.15) is 0 Å². The van der Waals surface area contributed by atoms with Gasteiger partial charge in [0, 0.05) is 6.54 Å². The molecule has 0 aliphatic carbocycles. The summed E-state index contributed by atoms with van der Waals surface area (Å²) in [6.07, 6.45) is 3.69. The Balaban J connectivity index is 2.39. The molecule has 0 bridgehead atoms. The molecule has 88 valence electrons. The number of nitrogens with one attached hydrogen (secondary N) is 1. The minimum atomic E-state index is 0.0144. The SMILES string of the molecule is CCCCn1c(=O)c2nc[nH]c2c2sccc21. The number of aromatic nitrogens is 3. The summed E-state index contributed by atoms with van der Waals surface area (Å²) in [4.78, 5) is 19.5. The van der Waals surface area contributed by atoms with E-state index in [0.717, 1.165) is 35.1 Å². The van der Waals surface area contributed by atoms with Crippen molar-refractivity contribution in [2.75, 3.05) is 0 Å². The third-order valence-corrected chi connectivity index (χ3v) is 3.91. The Bertz CT molecular complexity index is 722. The highest BCUT2D eigenvalue weighted by molar-refractivity contribution is 7.18. The second-order valence-corrected chi connectivity index (χ2v) is 4.99. The minimum Gasteiger partial charge on any atom is -0.343 e. The third-order valence-electron chi connectivity index (χ3n) is 2.98. The molecule has 0 spiro atoms. The summed E-state index contributed by atoms with van der Waals surface area (Å²) in [7, 11) is 0. The lowest BCUT2D eigenvalue weighted by Crippen LogP contribution is -2.20. The summed E-state index contributed by atoms with van der Waals surface area (Å²) in [5.41, 5.74) is 2.45. The van der Waals surface area contributed by atoms with E-state index >= 15 is 0 Å². The number of aryl methyl sites for hydroxylation is 1. The Morgan fingerprint density at radius 1 is 1.53 bits per heavy atom. The fourth-order valence-corrected chi connectivity index (χ4v) is 3.01. The van der Waals surface area contributed by atoms with Crippen LogP contribution in [0.3, 0.4) is 0 Å². The molecule has 5 heteroatoms. The molecular formula is C12H13N3OS. The van der Waals surface area contributed by atoms with Crippen molar-refractivity contribution >= 4 is 32.6 Å². The Morgan fingerprint density at radius 2 is 2.41 bits per heavy atom. The highest BCUT2D eigenvalue weighted by atomic mass is 32.1. The fraction of sp³-hybridized carbons (Fsp3) is 0.333. The van der Waals surface area contributed by atoms with Gasteiger partial charge in [0.15, 0.2) is 5.52 Å². The van der Waals surface area contributed by atoms with Crippen LogP contribution in [0.1, 0.15) is 19.8 Å². The average molecular weight is 247 g/mol. The molecule has 0 radical (unpaired) electrons. The van der Waals surface area contributed by atoms with Gasteiger partial charge >= 0.3 is 0 Å². The van der Waals surface area contributed by atoms with E-state index in [0.29, 0.717) is 5.52 Å². The molecule has 0 saturated carbocycles. The molecule has 3 aromatic heterocycles. The first-order valence-electron chi connectivity index (χ1n) is 5.76. The monoisotopic (exact) mass is 247 g/mol. The van der Waals surface area contributed by atoms with E-state index in [2.05, 4.69) is 16.9 Å². The maximum atomic E-state index is 12.3. The fourth-order valence-electron chi connectivity index (χ4n) is 2.11. The molecule has 3 aromatic rings. The Labute approximate surface area is 102 Å². The number of thiophene rings is 1. The highest BCUT2D eigenvalue weighted by Crippen LogP contribution is 2.25. The molecule has 0 unspecified atom stereocenters. The van der Waals surface area contributed by atoms with Crippen LogP contribution < -0.4 is 5.56 Å². The van der Waals surface area contributed by atoms with Crippen LogP contribution in [0.5, 0.6) is 0 Å². The second kappa shape index (κ2) is 4.00. The number of H-pyrrole nitrogens is 1. The van der Waals surface area contributed by atoms with Gasteiger partial charge < -0.3 is 9.55 Å². The normalized spacial score (nSPS) is 11.6. The van der Waals surface area contributed by atoms with Gasteiger partial charge in [0.05, 0.1) is 22.1 Å². The van der Waals surface area contributed by atoms with E-state index in [1.807, 2.05) is 16.0 Å². The van der Waals surface area contributed by atoms with Crippen LogP contribution in [0.4, 0.5) is 0 Å². The van der Waals surface area contributed by atoms with Crippen LogP contribution >= 0.6 is 11.3 Å². The quantitative estimate of drug-likeness (QED) is 0.773. The number of rotatable bonds is 3. The van der Waals surface area contributed by atoms with Crippen molar-refractivity contribution in [1.29, 1.82) is 0 Å². The molecule has 0 aromatic carbocycles. The maximum Gasteiger partial charge on any atom is 0.279 e. The number of fused-ring (bicyclic) bond motifs is 3. The van der Waals surface area contributed by atoms with E-state index in [-0.39, 0.29) is 5.56 Å². The molecule has 1 N–H and O–H groups in total. The van der Waals surface area contributed by atoms with Gasteiger partial charge in [-0.1, -0.05) is 13.3 Å². The number of imidazole rings is 1. The predicted octanol–water partition coefficient (Wildman–Crippen LogP) is 2.74. The summed E-state index contributed by atoms with van der Waals surface area (Å²) in [6.45, 7) is 2.90. The molecule has 0 amide bonds. The molecule has 3 rings (SSSR count). The molecule has 0 aliphatic rings. The van der Waals surface area contributed by atoms with Gasteiger partial charge in [-0.2, -0.15) is 0 Å². The standard InChI is InChI=1S/C12H13N3OS/c1-2-3-5-15-8-4-6-17-11(8)9-10(12(15)16)14-7-13-9/h4,6-7H,2-3,5H2,1H3,(H,13,14). The van der Waals surface area contributed by atoms with Crippen LogP contribution in [-0.4, -0.2) is 14.5 Å². The Hall–Kier alpha value is -1.62. The lowest BCUT2D eigenvalue weighted by Gasteiger charge is -2.06. The minimum absolute atomic E-state index is 0.0144. The number of unbranched alkanes of at least 4 members (excludes halogenated alkanes) is 1. The van der Waals surface area contributed by atoms with Crippen LogP contribution in [0.15, 0.2) is 22.6 Å². The molecule has 0 saturated heterocycles. The van der Waals surface area contributed by atoms with Crippen molar-refractivity contribution in [2.45, 2.75) is 26.3 Å². The topological polar surface area (TPSA) is 50.7 Å². The number of nitrogens with zero attached hydrogens (tertiary/aromatic N) is 2. The van der Waals surface area contributed by atoms with Crippen LogP contribution in [0, 0.1) is 0 Å². The van der Waals surface area contributed by atoms with E-state index in [9.17, 15) is 4.79 Å². The van der Waals surface area contributed by atoms with E-state index in [1.54, 1.807) is 17.7 Å². The van der Waals surface area contributed by atoms with Crippen molar-refractivity contribution in [3.05, 3.63) is 28.1 Å². The van der Waals surface area contributed by atoms with E-state index in [4.69, 9.17) is 0 Å². The third kappa shape index (κ3) is 1.50. The first-order chi connectivity index (χ1) is 8.33. The maximum absolute atomic E-state index is 12.3. The first kappa shape index (κ1) is 10.5. The molecule has 17 heavy (non-hydrogen) atoms. The number of hydrogen-bond donors (Lipinski definition) is 1. The van der Waals surface area contributed by atoms with Crippen molar-refractivity contribution in [3.63, 3.8) is 0 Å². The van der Waals surface area contributed by atoms with Gasteiger partial charge in [0.2, 0.25) is 0 Å². The van der Waals surface area contributed by atoms with Gasteiger partial charge in [-0.25, -0.2) is 4.98 Å². The summed E-state index contributed by atoms with van der Waals surface area (Å²) in [6, 6.07) is 2.01. The summed E-state index contributed by atoms with van der Waals surface area (Å²) >= 11 is 1.65. The smallest absolute Gasteiger partial charge is 0.279 e. The van der Waals surface area contributed by atoms with Crippen molar-refractivity contribution in [3.8, 4) is 0 Å². The lowest BCUT2D eigenvalue weighted by atomic mass is 10.3. The number of hydrogen-bond acceptors (Lipinski definition) is 3. The predicted molar refractivity (Wildman–Crippen MR) is 70.6 cm³/mol.